The Hall–Kier alpha value is -0.380. The number of hydrogen-bond donors (Lipinski definition) is 1. The number of hydrogen-bond acceptors (Lipinski definition) is 3. The second kappa shape index (κ2) is 6.38. The van der Waals surface area contributed by atoms with Gasteiger partial charge in [-0.1, -0.05) is 19.3 Å². The second-order valence-corrected chi connectivity index (χ2v) is 6.97. The first-order valence-corrected chi connectivity index (χ1v) is 8.78. The van der Waals surface area contributed by atoms with Gasteiger partial charge < -0.3 is 5.32 Å². The van der Waals surface area contributed by atoms with Gasteiger partial charge in [0.15, 0.2) is 0 Å². The van der Waals surface area contributed by atoms with E-state index in [9.17, 15) is 0 Å². The minimum absolute atomic E-state index is 0.583. The van der Waals surface area contributed by atoms with Crippen molar-refractivity contribution in [3.63, 3.8) is 0 Å². The average molecular weight is 278 g/mol. The van der Waals surface area contributed by atoms with E-state index in [2.05, 4.69) is 34.0 Å². The summed E-state index contributed by atoms with van der Waals surface area (Å²) in [6.07, 6.45) is 7.24. The van der Waals surface area contributed by atoms with E-state index in [1.165, 1.54) is 50.8 Å². The normalized spacial score (nSPS) is 28.4. The Kier molecular flexibility index (Phi) is 4.57. The van der Waals surface area contributed by atoms with Gasteiger partial charge >= 0.3 is 0 Å². The first kappa shape index (κ1) is 13.6. The standard InChI is InChI=1S/C16H26N2S/c1-13(15-7-10-19-12-15)18-9-8-17-16(11-18)14-5-3-2-4-6-14/h7,10,12-14,16-17H,2-6,8-9,11H2,1H3. The maximum absolute atomic E-state index is 3.78. The molecule has 1 N–H and O–H groups in total. The van der Waals surface area contributed by atoms with Gasteiger partial charge in [0.1, 0.15) is 0 Å². The fraction of sp³-hybridized carbons (Fsp3) is 0.750. The van der Waals surface area contributed by atoms with Crippen LogP contribution in [-0.4, -0.2) is 30.6 Å². The minimum atomic E-state index is 0.583. The third-order valence-electron chi connectivity index (χ3n) is 5.03. The van der Waals surface area contributed by atoms with E-state index in [-0.39, 0.29) is 0 Å². The second-order valence-electron chi connectivity index (χ2n) is 6.19. The van der Waals surface area contributed by atoms with Gasteiger partial charge in [0.05, 0.1) is 0 Å². The van der Waals surface area contributed by atoms with Crippen LogP contribution in [-0.2, 0) is 0 Å². The van der Waals surface area contributed by atoms with E-state index in [4.69, 9.17) is 0 Å². The Morgan fingerprint density at radius 2 is 2.16 bits per heavy atom. The fourth-order valence-electron chi connectivity index (χ4n) is 3.73. The lowest BCUT2D eigenvalue weighted by Gasteiger charge is -2.41. The van der Waals surface area contributed by atoms with Crippen LogP contribution in [0.4, 0.5) is 0 Å². The first-order chi connectivity index (χ1) is 9.34. The molecule has 19 heavy (non-hydrogen) atoms. The van der Waals surface area contributed by atoms with Gasteiger partial charge in [-0.3, -0.25) is 4.90 Å². The summed E-state index contributed by atoms with van der Waals surface area (Å²) in [5.74, 6) is 0.922. The lowest BCUT2D eigenvalue weighted by Crippen LogP contribution is -2.54. The Bertz CT molecular complexity index is 370. The van der Waals surface area contributed by atoms with E-state index in [1.807, 2.05) is 11.3 Å². The lowest BCUT2D eigenvalue weighted by molar-refractivity contribution is 0.115. The SMILES string of the molecule is CC(c1ccsc1)N1CCNC(C2CCCCC2)C1. The molecule has 1 aliphatic heterocycles. The Balaban J connectivity index is 1.61. The van der Waals surface area contributed by atoms with Crippen LogP contribution >= 0.6 is 11.3 Å². The molecule has 3 heteroatoms. The van der Waals surface area contributed by atoms with Gasteiger partial charge in [-0.25, -0.2) is 0 Å². The molecule has 3 rings (SSSR count). The van der Waals surface area contributed by atoms with Crippen LogP contribution in [0.25, 0.3) is 0 Å². The van der Waals surface area contributed by atoms with E-state index in [0.29, 0.717) is 6.04 Å². The van der Waals surface area contributed by atoms with Crippen LogP contribution in [0.3, 0.4) is 0 Å². The quantitative estimate of drug-likeness (QED) is 0.907. The van der Waals surface area contributed by atoms with Crippen molar-refractivity contribution in [3.05, 3.63) is 22.4 Å². The number of piperazine rings is 1. The van der Waals surface area contributed by atoms with Crippen LogP contribution in [0.2, 0.25) is 0 Å². The molecule has 2 nitrogen and oxygen atoms in total. The van der Waals surface area contributed by atoms with Crippen molar-refractivity contribution < 1.29 is 0 Å². The largest absolute Gasteiger partial charge is 0.311 e. The topological polar surface area (TPSA) is 15.3 Å². The molecule has 0 radical (unpaired) electrons. The highest BCUT2D eigenvalue weighted by atomic mass is 32.1. The van der Waals surface area contributed by atoms with Gasteiger partial charge in [0, 0.05) is 31.7 Å². The summed E-state index contributed by atoms with van der Waals surface area (Å²) >= 11 is 1.82. The summed E-state index contributed by atoms with van der Waals surface area (Å²) in [6, 6.07) is 3.60. The monoisotopic (exact) mass is 278 g/mol. The number of rotatable bonds is 3. The van der Waals surface area contributed by atoms with Gasteiger partial charge in [0.25, 0.3) is 0 Å². The molecule has 0 amide bonds. The predicted molar refractivity (Wildman–Crippen MR) is 82.7 cm³/mol. The molecule has 0 aromatic carbocycles. The smallest absolute Gasteiger partial charge is 0.0329 e. The molecule has 1 saturated heterocycles. The first-order valence-electron chi connectivity index (χ1n) is 7.84. The van der Waals surface area contributed by atoms with Crippen molar-refractivity contribution >= 4 is 11.3 Å². The van der Waals surface area contributed by atoms with Gasteiger partial charge in [-0.15, -0.1) is 0 Å². The van der Waals surface area contributed by atoms with Crippen molar-refractivity contribution in [1.82, 2.24) is 10.2 Å². The minimum Gasteiger partial charge on any atom is -0.311 e. The molecule has 2 atom stereocenters. The Morgan fingerprint density at radius 3 is 2.89 bits per heavy atom. The molecule has 1 saturated carbocycles. The Morgan fingerprint density at radius 1 is 1.32 bits per heavy atom. The zero-order valence-corrected chi connectivity index (χ0v) is 12.8. The molecule has 0 bridgehead atoms. The van der Waals surface area contributed by atoms with Gasteiger partial charge in [-0.05, 0) is 48.1 Å². The van der Waals surface area contributed by atoms with E-state index in [0.717, 1.165) is 18.5 Å². The third-order valence-corrected chi connectivity index (χ3v) is 5.73. The summed E-state index contributed by atoms with van der Waals surface area (Å²) < 4.78 is 0. The summed E-state index contributed by atoms with van der Waals surface area (Å²) in [4.78, 5) is 2.68. The summed E-state index contributed by atoms with van der Waals surface area (Å²) in [7, 11) is 0. The van der Waals surface area contributed by atoms with Crippen molar-refractivity contribution in [2.24, 2.45) is 5.92 Å². The number of nitrogens with zero attached hydrogens (tertiary/aromatic N) is 1. The molecule has 2 unspecified atom stereocenters. The lowest BCUT2D eigenvalue weighted by atomic mass is 9.83. The Labute approximate surface area is 121 Å². The van der Waals surface area contributed by atoms with E-state index >= 15 is 0 Å². The maximum atomic E-state index is 3.78. The van der Waals surface area contributed by atoms with Crippen LogP contribution in [0.15, 0.2) is 16.8 Å². The molecule has 106 valence electrons. The van der Waals surface area contributed by atoms with Crippen molar-refractivity contribution in [2.75, 3.05) is 19.6 Å². The van der Waals surface area contributed by atoms with Crippen molar-refractivity contribution in [3.8, 4) is 0 Å². The maximum Gasteiger partial charge on any atom is 0.0329 e. The molecule has 1 aromatic heterocycles. The van der Waals surface area contributed by atoms with E-state index in [1.54, 1.807) is 0 Å². The van der Waals surface area contributed by atoms with Crippen LogP contribution in [0, 0.1) is 5.92 Å². The van der Waals surface area contributed by atoms with Crippen LogP contribution < -0.4 is 5.32 Å². The molecule has 2 fully saturated rings. The molecule has 1 aliphatic carbocycles. The highest BCUT2D eigenvalue weighted by Crippen LogP contribution is 2.30. The average Bonchev–Trinajstić information content (AvgIpc) is 3.02. The van der Waals surface area contributed by atoms with Crippen molar-refractivity contribution in [2.45, 2.75) is 51.1 Å². The van der Waals surface area contributed by atoms with Gasteiger partial charge in [0.2, 0.25) is 0 Å². The molecule has 0 spiro atoms. The zero-order valence-electron chi connectivity index (χ0n) is 12.0. The number of thiophene rings is 1. The number of nitrogens with one attached hydrogen (secondary N) is 1. The van der Waals surface area contributed by atoms with Crippen LogP contribution in [0.1, 0.15) is 50.6 Å². The van der Waals surface area contributed by atoms with Gasteiger partial charge in [-0.2, -0.15) is 11.3 Å². The predicted octanol–water partition coefficient (Wildman–Crippen LogP) is 3.66. The molecular weight excluding hydrogens is 252 g/mol. The summed E-state index contributed by atoms with van der Waals surface area (Å²) in [6.45, 7) is 5.96. The summed E-state index contributed by atoms with van der Waals surface area (Å²) in [5, 5.41) is 8.29. The third kappa shape index (κ3) is 3.21. The van der Waals surface area contributed by atoms with Crippen molar-refractivity contribution in [1.29, 1.82) is 0 Å². The highest BCUT2D eigenvalue weighted by molar-refractivity contribution is 7.07. The molecular formula is C16H26N2S. The van der Waals surface area contributed by atoms with Crippen LogP contribution in [0.5, 0.6) is 0 Å². The molecule has 2 heterocycles. The summed E-state index contributed by atoms with van der Waals surface area (Å²) in [5.41, 5.74) is 1.49. The highest BCUT2D eigenvalue weighted by Gasteiger charge is 2.30. The zero-order chi connectivity index (χ0) is 13.1. The molecule has 2 aliphatic rings. The van der Waals surface area contributed by atoms with E-state index < -0.39 is 0 Å². The molecule has 1 aromatic rings. The fourth-order valence-corrected chi connectivity index (χ4v) is 4.48.